The van der Waals surface area contributed by atoms with Crippen LogP contribution in [0.1, 0.15) is 43.2 Å². The van der Waals surface area contributed by atoms with Gasteiger partial charge in [-0.2, -0.15) is 0 Å². The highest BCUT2D eigenvalue weighted by molar-refractivity contribution is 5.95. The lowest BCUT2D eigenvalue weighted by Crippen LogP contribution is -2.26. The highest BCUT2D eigenvalue weighted by atomic mass is 16.2. The minimum Gasteiger partial charge on any atom is -0.353 e. The fourth-order valence-corrected chi connectivity index (χ4v) is 2.88. The number of amides is 2. The van der Waals surface area contributed by atoms with Gasteiger partial charge in [-0.25, -0.2) is 0 Å². The van der Waals surface area contributed by atoms with Gasteiger partial charge in [-0.3, -0.25) is 9.59 Å². The predicted molar refractivity (Wildman–Crippen MR) is 99.4 cm³/mol. The molecule has 0 bridgehead atoms. The first-order valence-electron chi connectivity index (χ1n) is 8.90. The average Bonchev–Trinajstić information content (AvgIpc) is 3.42. The van der Waals surface area contributed by atoms with E-state index in [1.165, 1.54) is 0 Å². The van der Waals surface area contributed by atoms with Gasteiger partial charge in [0.25, 0.3) is 0 Å². The van der Waals surface area contributed by atoms with Crippen LogP contribution in [0.25, 0.3) is 0 Å². The maximum atomic E-state index is 12.6. The number of anilines is 1. The van der Waals surface area contributed by atoms with E-state index in [2.05, 4.69) is 10.6 Å². The molecule has 1 unspecified atom stereocenters. The topological polar surface area (TPSA) is 58.2 Å². The van der Waals surface area contributed by atoms with Gasteiger partial charge in [0.15, 0.2) is 0 Å². The van der Waals surface area contributed by atoms with E-state index < -0.39 is 0 Å². The van der Waals surface area contributed by atoms with Crippen LogP contribution in [-0.4, -0.2) is 17.9 Å². The predicted octanol–water partition coefficient (Wildman–Crippen LogP) is 3.64. The van der Waals surface area contributed by atoms with Crippen molar-refractivity contribution in [2.45, 2.75) is 44.6 Å². The molecule has 0 spiro atoms. The van der Waals surface area contributed by atoms with Gasteiger partial charge in [-0.15, -0.1) is 0 Å². The van der Waals surface area contributed by atoms with Crippen LogP contribution >= 0.6 is 0 Å². The molecule has 4 nitrogen and oxygen atoms in total. The van der Waals surface area contributed by atoms with Crippen molar-refractivity contribution in [2.75, 3.05) is 5.32 Å². The lowest BCUT2D eigenvalue weighted by atomic mass is 9.95. The van der Waals surface area contributed by atoms with Crippen molar-refractivity contribution in [1.82, 2.24) is 5.32 Å². The largest absolute Gasteiger partial charge is 0.353 e. The zero-order valence-electron chi connectivity index (χ0n) is 14.5. The zero-order valence-corrected chi connectivity index (χ0v) is 14.5. The molecule has 2 N–H and O–H groups in total. The molecule has 1 fully saturated rings. The van der Waals surface area contributed by atoms with E-state index >= 15 is 0 Å². The molecule has 3 rings (SSSR count). The molecule has 0 radical (unpaired) electrons. The van der Waals surface area contributed by atoms with E-state index in [0.29, 0.717) is 12.5 Å². The number of nitrogens with one attached hydrogen (secondary N) is 2. The first kappa shape index (κ1) is 17.2. The van der Waals surface area contributed by atoms with E-state index in [0.717, 1.165) is 36.1 Å². The molecule has 0 aliphatic heterocycles. The van der Waals surface area contributed by atoms with Gasteiger partial charge in [0.05, 0.1) is 12.3 Å². The number of rotatable bonds is 7. The smallest absolute Gasteiger partial charge is 0.231 e. The van der Waals surface area contributed by atoms with Gasteiger partial charge in [0.2, 0.25) is 11.8 Å². The number of benzene rings is 2. The summed E-state index contributed by atoms with van der Waals surface area (Å²) in [6.45, 7) is 2.01. The third-order valence-electron chi connectivity index (χ3n) is 4.46. The first-order valence-corrected chi connectivity index (χ1v) is 8.90. The summed E-state index contributed by atoms with van der Waals surface area (Å²) < 4.78 is 0. The highest BCUT2D eigenvalue weighted by Crippen LogP contribution is 2.22. The van der Waals surface area contributed by atoms with Crippen LogP contribution in [0, 0.1) is 0 Å². The molecule has 1 aliphatic rings. The second-order valence-corrected chi connectivity index (χ2v) is 6.58. The van der Waals surface area contributed by atoms with Crippen molar-refractivity contribution in [1.29, 1.82) is 0 Å². The van der Waals surface area contributed by atoms with Crippen LogP contribution in [0.3, 0.4) is 0 Å². The van der Waals surface area contributed by atoms with E-state index in [-0.39, 0.29) is 17.7 Å². The number of hydrogen-bond acceptors (Lipinski definition) is 2. The van der Waals surface area contributed by atoms with Gasteiger partial charge in [-0.1, -0.05) is 49.4 Å². The Morgan fingerprint density at radius 1 is 1.04 bits per heavy atom. The molecular formula is C21H24N2O2. The SMILES string of the molecule is CCC(C(=O)Nc1ccc(CC(=O)NC2CC2)cc1)c1ccccc1. The minimum atomic E-state index is -0.162. The summed E-state index contributed by atoms with van der Waals surface area (Å²) in [5.41, 5.74) is 2.73. The Morgan fingerprint density at radius 2 is 1.72 bits per heavy atom. The average molecular weight is 336 g/mol. The molecule has 1 aliphatic carbocycles. The summed E-state index contributed by atoms with van der Waals surface area (Å²) in [5.74, 6) is -0.104. The van der Waals surface area contributed by atoms with E-state index in [4.69, 9.17) is 0 Å². The van der Waals surface area contributed by atoms with Crippen LogP contribution in [0.5, 0.6) is 0 Å². The summed E-state index contributed by atoms with van der Waals surface area (Å²) in [7, 11) is 0. The molecule has 25 heavy (non-hydrogen) atoms. The molecule has 130 valence electrons. The third kappa shape index (κ3) is 4.92. The Labute approximate surface area is 148 Å². The highest BCUT2D eigenvalue weighted by Gasteiger charge is 2.23. The molecule has 4 heteroatoms. The maximum Gasteiger partial charge on any atom is 0.231 e. The standard InChI is InChI=1S/C21H24N2O2/c1-2-19(16-6-4-3-5-7-16)21(25)23-18-10-8-15(9-11-18)14-20(24)22-17-12-13-17/h3-11,17,19H,2,12-14H2,1H3,(H,22,24)(H,23,25). The Hall–Kier alpha value is -2.62. The van der Waals surface area contributed by atoms with Crippen LogP contribution in [0.4, 0.5) is 5.69 Å². The molecular weight excluding hydrogens is 312 g/mol. The van der Waals surface area contributed by atoms with Gasteiger partial charge < -0.3 is 10.6 Å². The summed E-state index contributed by atoms with van der Waals surface area (Å²) in [5, 5.41) is 5.96. The molecule has 0 aromatic heterocycles. The summed E-state index contributed by atoms with van der Waals surface area (Å²) in [6, 6.07) is 17.7. The van der Waals surface area contributed by atoms with Crippen molar-refractivity contribution in [2.24, 2.45) is 0 Å². The quantitative estimate of drug-likeness (QED) is 0.811. The number of hydrogen-bond donors (Lipinski definition) is 2. The van der Waals surface area contributed by atoms with Crippen molar-refractivity contribution in [3.63, 3.8) is 0 Å². The second-order valence-electron chi connectivity index (χ2n) is 6.58. The Balaban J connectivity index is 1.58. The van der Waals surface area contributed by atoms with E-state index in [1.807, 2.05) is 61.5 Å². The van der Waals surface area contributed by atoms with Crippen molar-refractivity contribution < 1.29 is 9.59 Å². The fourth-order valence-electron chi connectivity index (χ4n) is 2.88. The Bertz CT molecular complexity index is 721. The van der Waals surface area contributed by atoms with Gasteiger partial charge in [0, 0.05) is 11.7 Å². The Morgan fingerprint density at radius 3 is 2.32 bits per heavy atom. The van der Waals surface area contributed by atoms with Crippen LogP contribution in [-0.2, 0) is 16.0 Å². The molecule has 0 heterocycles. The molecule has 1 saturated carbocycles. The fraction of sp³-hybridized carbons (Fsp3) is 0.333. The monoisotopic (exact) mass is 336 g/mol. The third-order valence-corrected chi connectivity index (χ3v) is 4.46. The lowest BCUT2D eigenvalue weighted by Gasteiger charge is -2.15. The van der Waals surface area contributed by atoms with Crippen molar-refractivity contribution in [3.8, 4) is 0 Å². The molecule has 2 aromatic rings. The second kappa shape index (κ2) is 7.97. The number of carbonyl (C=O) groups is 2. The maximum absolute atomic E-state index is 12.6. The minimum absolute atomic E-state index is 0.00655. The van der Waals surface area contributed by atoms with E-state index in [9.17, 15) is 9.59 Å². The lowest BCUT2D eigenvalue weighted by molar-refractivity contribution is -0.120. The van der Waals surface area contributed by atoms with E-state index in [1.54, 1.807) is 0 Å². The van der Waals surface area contributed by atoms with Gasteiger partial charge >= 0.3 is 0 Å². The molecule has 2 aromatic carbocycles. The van der Waals surface area contributed by atoms with Gasteiger partial charge in [-0.05, 0) is 42.5 Å². The Kier molecular flexibility index (Phi) is 5.49. The molecule has 0 saturated heterocycles. The molecule has 2 amide bonds. The van der Waals surface area contributed by atoms with Crippen molar-refractivity contribution >= 4 is 17.5 Å². The summed E-state index contributed by atoms with van der Waals surface area (Å²) >= 11 is 0. The molecule has 1 atom stereocenters. The zero-order chi connectivity index (χ0) is 17.6. The van der Waals surface area contributed by atoms with Crippen LogP contribution in [0.2, 0.25) is 0 Å². The number of carbonyl (C=O) groups excluding carboxylic acids is 2. The van der Waals surface area contributed by atoms with Crippen molar-refractivity contribution in [3.05, 3.63) is 65.7 Å². The summed E-state index contributed by atoms with van der Waals surface area (Å²) in [4.78, 5) is 24.4. The van der Waals surface area contributed by atoms with Crippen LogP contribution in [0.15, 0.2) is 54.6 Å². The van der Waals surface area contributed by atoms with Crippen LogP contribution < -0.4 is 10.6 Å². The van der Waals surface area contributed by atoms with Gasteiger partial charge in [0.1, 0.15) is 0 Å². The first-order chi connectivity index (χ1) is 12.2. The normalized spacial score (nSPS) is 14.6. The summed E-state index contributed by atoms with van der Waals surface area (Å²) in [6.07, 6.45) is 3.31.